The lowest BCUT2D eigenvalue weighted by Gasteiger charge is -2.52. The van der Waals surface area contributed by atoms with Crippen LogP contribution in [0.25, 0.3) is 0 Å². The smallest absolute Gasteiger partial charge is 0.397 e. The molecule has 14 bridgehead atoms. The van der Waals surface area contributed by atoms with Crippen LogP contribution in [-0.2, 0) is 302 Å². The zero-order valence-corrected chi connectivity index (χ0v) is 83.6. The van der Waals surface area contributed by atoms with Gasteiger partial charge in [0.2, 0.25) is 0 Å². The highest BCUT2D eigenvalue weighted by Gasteiger charge is 2.67. The summed E-state index contributed by atoms with van der Waals surface area (Å²) >= 11 is 0. The van der Waals surface area contributed by atoms with E-state index in [1.165, 1.54) is 0 Å². The van der Waals surface area contributed by atoms with Crippen molar-refractivity contribution in [3.05, 3.63) is 0 Å². The maximum Gasteiger partial charge on any atom is 0.397 e. The molecule has 0 saturated carbocycles. The minimum atomic E-state index is -5.99. The quantitative estimate of drug-likeness (QED) is 0.0176. The fraction of sp³-hybridized carbons (Fsp3) is 0.800. The van der Waals surface area contributed by atoms with Gasteiger partial charge in [-0.2, -0.15) is 58.9 Å². The van der Waals surface area contributed by atoms with Gasteiger partial charge in [0.15, 0.2) is 129 Å². The summed E-state index contributed by atoms with van der Waals surface area (Å²) in [4.78, 5) is 194. The minimum Gasteiger partial charge on any atom is -0.455 e. The zero-order valence-electron chi connectivity index (χ0n) is 77.9. The Morgan fingerprint density at radius 1 is 0.156 bits per heavy atom. The Morgan fingerprint density at radius 2 is 0.238 bits per heavy atom. The molecule has 21 heterocycles. The van der Waals surface area contributed by atoms with E-state index in [0.717, 1.165) is 0 Å². The number of carbonyl (C=O) groups is 14. The Morgan fingerprint density at radius 3 is 0.313 bits per heavy atom. The van der Waals surface area contributed by atoms with E-state index >= 15 is 0 Å². The predicted molar refractivity (Wildman–Crippen MR) is 435 cm³/mol. The summed E-state index contributed by atoms with van der Waals surface area (Å²) in [5.74, 6) is -22.6. The first-order valence-corrected chi connectivity index (χ1v) is 51.2. The van der Waals surface area contributed by atoms with Gasteiger partial charge >= 0.3 is 156 Å². The third kappa shape index (κ3) is 37.9. The minimum absolute atomic E-state index is 0.538. The lowest BCUT2D eigenvalue weighted by molar-refractivity contribution is -0.396. The summed E-state index contributed by atoms with van der Waals surface area (Å²) in [5.41, 5.74) is 0. The maximum absolute atomic E-state index is 13.9. The van der Waals surface area contributed by atoms with E-state index in [0.29, 0.717) is 96.9 Å². The van der Waals surface area contributed by atoms with E-state index in [-0.39, 0.29) is 0 Å². The van der Waals surface area contributed by atoms with Crippen LogP contribution in [0.4, 0.5) is 0 Å². The monoisotopic (exact) mass is 2280 g/mol. The molecule has 21 aliphatic heterocycles. The standard InChI is InChI=1S/C70H98O70S7/c1-22(71)113-50-43-36(15-106-141(85,86)87)127-64(57(50)120-29(8)78)135-44-37(16-107-142(88,89)90)129-66(59(122-31(10)80)51(44)114-23(2)72)137-46-39(18-109-144(94,95)96)131-68(61(124-33(12)82)53(46)116-25(4)74)139-48-41(20-111-146(100,101)102)133-70(63(126-35(14)84)55(48)118-27(6)76)140-49-42(21-112-147(103,104)105)132-69(62(125-34(13)83)56(49)119-28(7)77)138-47-40(19-110-145(97,98)99)130-67(60(123-32(11)81)54(47)117-26(5)75)136-45-38(17-108-143(91,92)93)128-65(134-43)58(121-30(9)79)52(45)115-24(3)73/h36-70H,15-21H2,1-14H3,(H,85,86,87)(H,88,89,90)(H,91,92,93)(H,94,95,96)(H,97,98,99)(H,100,101,102)(H,103,104,105)/t36?,37?,38?,39?,40?,41?,42?,43-,44-,45-,46-,47-,48-,49-,50?,51?,52?,53?,54?,55?,56?,57?,58?,59?,60?,61?,62?,63?,64-,65-,66-,67-,68-,69-,70+/m1/s1. The van der Waals surface area contributed by atoms with E-state index in [9.17, 15) is 158 Å². The summed E-state index contributed by atoms with van der Waals surface area (Å²) < 4.78 is 452. The van der Waals surface area contributed by atoms with Gasteiger partial charge in [0, 0.05) is 96.9 Å². The largest absolute Gasteiger partial charge is 0.455 e. The highest BCUT2D eigenvalue weighted by Crippen LogP contribution is 2.46. The van der Waals surface area contributed by atoms with Gasteiger partial charge < -0.3 is 133 Å². The number of hydrogen-bond donors (Lipinski definition) is 7. The summed E-state index contributed by atoms with van der Waals surface area (Å²) in [6.07, 6.45) is -99.6. The Hall–Kier alpha value is -8.89. The van der Waals surface area contributed by atoms with Gasteiger partial charge in [-0.15, -0.1) is 0 Å². The van der Waals surface area contributed by atoms with Crippen molar-refractivity contribution in [1.82, 2.24) is 0 Å². The average molecular weight is 2280 g/mol. The van der Waals surface area contributed by atoms with Crippen molar-refractivity contribution in [3.63, 3.8) is 0 Å². The molecule has 21 aliphatic rings. The van der Waals surface area contributed by atoms with Crippen LogP contribution in [0.3, 0.4) is 0 Å². The molecule has 21 fully saturated rings. The van der Waals surface area contributed by atoms with Crippen LogP contribution in [-0.4, -0.2) is 436 Å². The third-order valence-electron chi connectivity index (χ3n) is 20.1. The molecule has 147 heavy (non-hydrogen) atoms. The number of rotatable bonds is 35. The van der Waals surface area contributed by atoms with Crippen molar-refractivity contribution in [2.45, 2.75) is 312 Å². The van der Waals surface area contributed by atoms with Crippen LogP contribution in [0.15, 0.2) is 0 Å². The Bertz CT molecular complexity index is 4640. The second-order valence-electron chi connectivity index (χ2n) is 31.5. The first-order chi connectivity index (χ1) is 67.7. The van der Waals surface area contributed by atoms with Crippen LogP contribution in [0.5, 0.6) is 0 Å². The molecule has 35 atom stereocenters. The molecule has 0 aliphatic carbocycles. The highest BCUT2D eigenvalue weighted by molar-refractivity contribution is 7.82. The molecule has 21 unspecified atom stereocenters. The van der Waals surface area contributed by atoms with Gasteiger partial charge in [-0.3, -0.25) is 99.0 Å². The van der Waals surface area contributed by atoms with Crippen molar-refractivity contribution < 1.29 is 320 Å². The normalized spacial score (nSPS) is 34.7. The van der Waals surface area contributed by atoms with Crippen LogP contribution in [0, 0.1) is 0 Å². The third-order valence-corrected chi connectivity index (χ3v) is 23.1. The van der Waals surface area contributed by atoms with Crippen molar-refractivity contribution in [2.24, 2.45) is 0 Å². The second kappa shape index (κ2) is 51.5. The number of carbonyl (C=O) groups excluding carboxylic acids is 14. The molecule has 0 radical (unpaired) electrons. The molecule has 70 nitrogen and oxygen atoms in total. The van der Waals surface area contributed by atoms with Gasteiger partial charge in [-0.05, 0) is 0 Å². The molecule has 21 saturated heterocycles. The van der Waals surface area contributed by atoms with Crippen molar-refractivity contribution in [2.75, 3.05) is 46.2 Å². The van der Waals surface area contributed by atoms with E-state index in [4.69, 9.17) is 162 Å². The SMILES string of the molecule is CC(=O)OC1C(OC(C)=O)[C@@H]2O[C@H]3OC(COS(=O)(=O)O)[C@@H](O[C@H]4OC(COS(=O)(=O)O)[C@@H](O[C@@H]5OC(COS(=O)(=O)O)[C@@H](O[C@H]6OC(COS(=O)(=O)O)[C@@H](O[C@H]7OC(COS(=O)(=O)O)[C@@H](O[C@H]8OC(COS(=O)(=O)O)[C@@H](O[C@H]1OC2COS(=O)(=O)O)C(OC(C)=O)C8OC(C)=O)C(OC(C)=O)C7OC(C)=O)C(OC(C)=O)C6OC(C)=O)C(OC(C)=O)C5OC(C)=O)C(OC(C)=O)C4OC(C)=O)C(OC(C)=O)C3OC(C)=O. The topological polar surface area (TPSA) is 943 Å². The Labute approximate surface area is 830 Å². The number of ether oxygens (including phenoxy) is 28. The van der Waals surface area contributed by atoms with Crippen LogP contribution in [0.2, 0.25) is 0 Å². The van der Waals surface area contributed by atoms with Gasteiger partial charge in [0.1, 0.15) is 85.5 Å². The first-order valence-electron chi connectivity index (χ1n) is 41.6. The summed E-state index contributed by atoms with van der Waals surface area (Å²) in [6, 6.07) is 0. The molecule has 21 rings (SSSR count). The number of hydrogen-bond acceptors (Lipinski definition) is 63. The Balaban J connectivity index is 1.56. The number of esters is 14. The van der Waals surface area contributed by atoms with E-state index in [1.807, 2.05) is 0 Å². The Kier molecular flexibility index (Phi) is 43.2. The first kappa shape index (κ1) is 123. The molecule has 7 N–H and O–H groups in total. The molecule has 77 heteroatoms. The lowest BCUT2D eigenvalue weighted by atomic mass is 9.94. The maximum atomic E-state index is 13.9. The van der Waals surface area contributed by atoms with Gasteiger partial charge in [-0.25, -0.2) is 29.3 Å². The molecule has 840 valence electrons. The van der Waals surface area contributed by atoms with Crippen LogP contribution < -0.4 is 0 Å². The fourth-order valence-electron chi connectivity index (χ4n) is 15.7. The molecule has 0 amide bonds. The van der Waals surface area contributed by atoms with E-state index < -0.39 is 418 Å². The molecule has 0 aromatic carbocycles. The highest BCUT2D eigenvalue weighted by atomic mass is 32.3. The molecule has 0 aromatic heterocycles. The summed E-state index contributed by atoms with van der Waals surface area (Å²) in [6.45, 7) is -5.59. The average Bonchev–Trinajstić information content (AvgIpc) is 0.906. The van der Waals surface area contributed by atoms with E-state index in [1.54, 1.807) is 0 Å². The van der Waals surface area contributed by atoms with E-state index in [2.05, 4.69) is 0 Å². The van der Waals surface area contributed by atoms with Crippen molar-refractivity contribution >= 4 is 156 Å². The predicted octanol–water partition coefficient (Wildman–Crippen LogP) is -8.45. The molecule has 0 aromatic rings. The summed E-state index contributed by atoms with van der Waals surface area (Å²) in [5, 5.41) is 0. The van der Waals surface area contributed by atoms with Crippen molar-refractivity contribution in [1.29, 1.82) is 0 Å². The second-order valence-corrected chi connectivity index (χ2v) is 39.2. The lowest BCUT2D eigenvalue weighted by Crippen LogP contribution is -2.70. The van der Waals surface area contributed by atoms with Gasteiger partial charge in [0.25, 0.3) is 0 Å². The molecular weight excluding hydrogens is 2190 g/mol. The zero-order chi connectivity index (χ0) is 110. The van der Waals surface area contributed by atoms with Crippen LogP contribution >= 0.6 is 0 Å². The van der Waals surface area contributed by atoms with Crippen LogP contribution in [0.1, 0.15) is 96.9 Å². The summed E-state index contributed by atoms with van der Waals surface area (Å²) in [7, 11) is -42.0. The van der Waals surface area contributed by atoms with Crippen molar-refractivity contribution in [3.8, 4) is 0 Å². The molecule has 0 spiro atoms. The molecular formula is C70H98O70S7. The van der Waals surface area contributed by atoms with Gasteiger partial charge in [0.05, 0.1) is 46.2 Å². The fourth-order valence-corrected chi connectivity index (χ4v) is 17.8. The van der Waals surface area contributed by atoms with Gasteiger partial charge in [-0.1, -0.05) is 0 Å².